The lowest BCUT2D eigenvalue weighted by molar-refractivity contribution is -0.136. The van der Waals surface area contributed by atoms with Crippen LogP contribution >= 0.6 is 0 Å². The smallest absolute Gasteiger partial charge is 0.358 e. The van der Waals surface area contributed by atoms with E-state index in [0.717, 1.165) is 28.2 Å². The van der Waals surface area contributed by atoms with Gasteiger partial charge in [-0.15, -0.1) is 0 Å². The van der Waals surface area contributed by atoms with Gasteiger partial charge in [-0.05, 0) is 25.1 Å². The number of alkyl halides is 3. The summed E-state index contributed by atoms with van der Waals surface area (Å²) in [5.74, 6) is 0. The van der Waals surface area contributed by atoms with Crippen molar-refractivity contribution in [1.82, 2.24) is 4.98 Å². The van der Waals surface area contributed by atoms with Gasteiger partial charge < -0.3 is 4.98 Å². The Morgan fingerprint density at radius 2 is 1.74 bits per heavy atom. The molecule has 3 aromatic rings. The minimum Gasteiger partial charge on any atom is -0.358 e. The number of rotatable bonds is 3. The normalized spacial score (nSPS) is 12.2. The summed E-state index contributed by atoms with van der Waals surface area (Å²) >= 11 is 0. The van der Waals surface area contributed by atoms with Gasteiger partial charge in [0.1, 0.15) is 0 Å². The Morgan fingerprint density at radius 1 is 1.04 bits per heavy atom. The molecule has 0 saturated heterocycles. The Kier molecular flexibility index (Phi) is 3.82. The predicted octanol–water partition coefficient (Wildman–Crippen LogP) is 4.94. The number of nitrogens with one attached hydrogen (secondary N) is 2. The largest absolute Gasteiger partial charge is 0.418 e. The van der Waals surface area contributed by atoms with E-state index in [1.54, 1.807) is 0 Å². The maximum absolute atomic E-state index is 12.9. The second kappa shape index (κ2) is 5.79. The fourth-order valence-electron chi connectivity index (χ4n) is 2.46. The van der Waals surface area contributed by atoms with Gasteiger partial charge in [0.05, 0.1) is 17.5 Å². The summed E-state index contributed by atoms with van der Waals surface area (Å²) in [5, 5.41) is 4.95. The van der Waals surface area contributed by atoms with Gasteiger partial charge in [0.25, 0.3) is 0 Å². The van der Waals surface area contributed by atoms with Crippen LogP contribution < -0.4 is 5.43 Å². The molecule has 1 aromatic heterocycles. The van der Waals surface area contributed by atoms with Crippen LogP contribution in [0.15, 0.2) is 53.6 Å². The minimum atomic E-state index is -4.42. The molecule has 2 N–H and O–H groups in total. The van der Waals surface area contributed by atoms with Crippen molar-refractivity contribution in [2.45, 2.75) is 13.1 Å². The maximum atomic E-state index is 12.9. The zero-order valence-corrected chi connectivity index (χ0v) is 12.3. The number of hydrazone groups is 1. The van der Waals surface area contributed by atoms with E-state index in [2.05, 4.69) is 15.5 Å². The van der Waals surface area contributed by atoms with Gasteiger partial charge in [-0.25, -0.2) is 0 Å². The van der Waals surface area contributed by atoms with Crippen LogP contribution in [0.25, 0.3) is 10.9 Å². The molecule has 0 aliphatic rings. The number of para-hydroxylation sites is 2. The van der Waals surface area contributed by atoms with Crippen LogP contribution in [-0.2, 0) is 6.18 Å². The molecule has 0 fully saturated rings. The quantitative estimate of drug-likeness (QED) is 0.521. The molecule has 0 saturated carbocycles. The molecule has 3 nitrogen and oxygen atoms in total. The average Bonchev–Trinajstić information content (AvgIpc) is 2.83. The molecule has 23 heavy (non-hydrogen) atoms. The number of aromatic amines is 1. The molecule has 0 amide bonds. The Balaban J connectivity index is 1.89. The van der Waals surface area contributed by atoms with Gasteiger partial charge in [-0.2, -0.15) is 18.3 Å². The van der Waals surface area contributed by atoms with Crippen LogP contribution in [0, 0.1) is 6.92 Å². The molecule has 3 rings (SSSR count). The van der Waals surface area contributed by atoms with Crippen LogP contribution in [0.4, 0.5) is 18.9 Å². The van der Waals surface area contributed by atoms with Crippen molar-refractivity contribution in [3.05, 3.63) is 65.4 Å². The third-order valence-electron chi connectivity index (χ3n) is 3.55. The van der Waals surface area contributed by atoms with E-state index in [0.29, 0.717) is 0 Å². The Morgan fingerprint density at radius 3 is 2.52 bits per heavy atom. The number of hydrogen-bond donors (Lipinski definition) is 2. The first-order valence-corrected chi connectivity index (χ1v) is 6.99. The van der Waals surface area contributed by atoms with E-state index in [1.807, 2.05) is 31.2 Å². The number of aryl methyl sites for hydroxylation is 1. The van der Waals surface area contributed by atoms with E-state index in [-0.39, 0.29) is 5.69 Å². The Bertz CT molecular complexity index is 863. The van der Waals surface area contributed by atoms with Crippen LogP contribution in [0.2, 0.25) is 0 Å². The van der Waals surface area contributed by atoms with E-state index in [1.165, 1.54) is 24.4 Å². The average molecular weight is 317 g/mol. The number of anilines is 1. The molecule has 6 heteroatoms. The van der Waals surface area contributed by atoms with E-state index >= 15 is 0 Å². The topological polar surface area (TPSA) is 40.2 Å². The molecule has 0 radical (unpaired) electrons. The first kappa shape index (κ1) is 15.1. The summed E-state index contributed by atoms with van der Waals surface area (Å²) in [6, 6.07) is 12.9. The van der Waals surface area contributed by atoms with Crippen molar-refractivity contribution < 1.29 is 13.2 Å². The molecule has 0 bridgehead atoms. The second-order valence-electron chi connectivity index (χ2n) is 5.12. The molecule has 0 unspecified atom stereocenters. The highest BCUT2D eigenvalue weighted by Crippen LogP contribution is 2.34. The predicted molar refractivity (Wildman–Crippen MR) is 85.7 cm³/mol. The lowest BCUT2D eigenvalue weighted by Gasteiger charge is -2.11. The molecule has 1 heterocycles. The van der Waals surface area contributed by atoms with Gasteiger partial charge in [0, 0.05) is 22.2 Å². The van der Waals surface area contributed by atoms with Crippen LogP contribution in [-0.4, -0.2) is 11.2 Å². The first-order chi connectivity index (χ1) is 11.0. The van der Waals surface area contributed by atoms with Crippen molar-refractivity contribution >= 4 is 22.8 Å². The molecule has 0 atom stereocenters. The second-order valence-corrected chi connectivity index (χ2v) is 5.12. The van der Waals surface area contributed by atoms with E-state index in [4.69, 9.17) is 0 Å². The summed E-state index contributed by atoms with van der Waals surface area (Å²) in [4.78, 5) is 3.21. The van der Waals surface area contributed by atoms with Gasteiger partial charge in [0.15, 0.2) is 0 Å². The lowest BCUT2D eigenvalue weighted by atomic mass is 10.1. The van der Waals surface area contributed by atoms with Crippen molar-refractivity contribution in [1.29, 1.82) is 0 Å². The standard InChI is InChI=1S/C17H14F3N3/c1-11-13(12-6-2-4-8-15(12)22-11)10-21-23-16-9-5-3-7-14(16)17(18,19)20/h2-10,22-23H,1H3/b21-10+. The molecule has 2 aromatic carbocycles. The number of aromatic nitrogens is 1. The van der Waals surface area contributed by atoms with Gasteiger partial charge in [-0.1, -0.05) is 30.3 Å². The monoisotopic (exact) mass is 317 g/mol. The number of H-pyrrole nitrogens is 1. The fourth-order valence-corrected chi connectivity index (χ4v) is 2.46. The zero-order chi connectivity index (χ0) is 16.4. The summed E-state index contributed by atoms with van der Waals surface area (Å²) in [6.45, 7) is 1.89. The van der Waals surface area contributed by atoms with Crippen LogP contribution in [0.1, 0.15) is 16.8 Å². The highest BCUT2D eigenvalue weighted by Gasteiger charge is 2.33. The van der Waals surface area contributed by atoms with Gasteiger partial charge in [0.2, 0.25) is 0 Å². The van der Waals surface area contributed by atoms with E-state index in [9.17, 15) is 13.2 Å². The maximum Gasteiger partial charge on any atom is 0.418 e. The zero-order valence-electron chi connectivity index (χ0n) is 12.3. The Labute approximate surface area is 130 Å². The number of fused-ring (bicyclic) bond motifs is 1. The SMILES string of the molecule is Cc1[nH]c2ccccc2c1/C=N/Nc1ccccc1C(F)(F)F. The minimum absolute atomic E-state index is 0.0752. The highest BCUT2D eigenvalue weighted by molar-refractivity contribution is 6.00. The molecular formula is C17H14F3N3. The Hall–Kier alpha value is -2.76. The molecule has 0 aliphatic carbocycles. The third kappa shape index (κ3) is 3.06. The molecule has 0 aliphatic heterocycles. The number of halogens is 3. The van der Waals surface area contributed by atoms with Crippen molar-refractivity contribution in [2.75, 3.05) is 5.43 Å². The highest BCUT2D eigenvalue weighted by atomic mass is 19.4. The van der Waals surface area contributed by atoms with Crippen LogP contribution in [0.5, 0.6) is 0 Å². The summed E-state index contributed by atoms with van der Waals surface area (Å²) in [5.41, 5.74) is 4.38. The number of nitrogens with zero attached hydrogens (tertiary/aromatic N) is 1. The molecule has 0 spiro atoms. The fraction of sp³-hybridized carbons (Fsp3) is 0.118. The number of benzene rings is 2. The first-order valence-electron chi connectivity index (χ1n) is 6.99. The number of hydrogen-bond acceptors (Lipinski definition) is 2. The van der Waals surface area contributed by atoms with Gasteiger partial charge >= 0.3 is 6.18 Å². The van der Waals surface area contributed by atoms with Crippen LogP contribution in [0.3, 0.4) is 0 Å². The third-order valence-corrected chi connectivity index (χ3v) is 3.55. The summed E-state index contributed by atoms with van der Waals surface area (Å²) in [7, 11) is 0. The molecule has 118 valence electrons. The van der Waals surface area contributed by atoms with Crippen molar-refractivity contribution in [2.24, 2.45) is 5.10 Å². The summed E-state index contributed by atoms with van der Waals surface area (Å²) < 4.78 is 38.8. The molecular weight excluding hydrogens is 303 g/mol. The van der Waals surface area contributed by atoms with Crippen molar-refractivity contribution in [3.63, 3.8) is 0 Å². The van der Waals surface area contributed by atoms with Gasteiger partial charge in [-0.3, -0.25) is 5.43 Å². The van der Waals surface area contributed by atoms with Crippen molar-refractivity contribution in [3.8, 4) is 0 Å². The lowest BCUT2D eigenvalue weighted by Crippen LogP contribution is -2.08. The summed E-state index contributed by atoms with van der Waals surface area (Å²) in [6.07, 6.45) is -2.89. The van der Waals surface area contributed by atoms with E-state index < -0.39 is 11.7 Å².